The average molecular weight is 442 g/mol. The molecule has 1 aliphatic rings. The summed E-state index contributed by atoms with van der Waals surface area (Å²) >= 11 is 7.03. The Bertz CT molecular complexity index is 1110. The van der Waals surface area contributed by atoms with Crippen LogP contribution in [-0.2, 0) is 9.59 Å². The molecular weight excluding hydrogens is 432 g/mol. The second-order valence-electron chi connectivity index (χ2n) is 5.61. The van der Waals surface area contributed by atoms with Crippen LogP contribution in [0.3, 0.4) is 0 Å². The molecule has 0 amide bonds. The van der Waals surface area contributed by atoms with Crippen molar-refractivity contribution in [3.8, 4) is 0 Å². The van der Waals surface area contributed by atoms with Crippen LogP contribution >= 0.6 is 31.9 Å². The molecule has 24 heavy (non-hydrogen) atoms. The van der Waals surface area contributed by atoms with Crippen LogP contribution in [0.2, 0.25) is 0 Å². The summed E-state index contributed by atoms with van der Waals surface area (Å²) in [5.41, 5.74) is 1.19. The molecule has 0 atom stereocenters. The maximum atomic E-state index is 12.3. The molecule has 0 radical (unpaired) electrons. The molecule has 116 valence electrons. The first-order chi connectivity index (χ1) is 11.5. The van der Waals surface area contributed by atoms with Gasteiger partial charge in [-0.15, -0.1) is 0 Å². The Morgan fingerprint density at radius 3 is 2.33 bits per heavy atom. The maximum absolute atomic E-state index is 12.3. The van der Waals surface area contributed by atoms with Gasteiger partial charge >= 0.3 is 0 Å². The Balaban J connectivity index is 2.09. The highest BCUT2D eigenvalue weighted by molar-refractivity contribution is 9.10. The van der Waals surface area contributed by atoms with Gasteiger partial charge in [0.25, 0.3) is 0 Å². The minimum Gasteiger partial charge on any atom is -0.290 e. The number of ketones is 2. The van der Waals surface area contributed by atoms with E-state index in [1.165, 1.54) is 18.2 Å². The van der Waals surface area contributed by atoms with Gasteiger partial charge in [0.1, 0.15) is 0 Å². The second-order valence-corrected chi connectivity index (χ2v) is 7.38. The van der Waals surface area contributed by atoms with Gasteiger partial charge < -0.3 is 0 Å². The third-order valence-electron chi connectivity index (χ3n) is 4.15. The molecule has 0 N–H and O–H groups in total. The van der Waals surface area contributed by atoms with E-state index < -0.39 is 0 Å². The second kappa shape index (κ2) is 5.80. The SMILES string of the molecule is O=C1C=CC(=O)C(c2c(Br)ccc3c2ccc2cc(Br)ccc23)=C1. The summed E-state index contributed by atoms with van der Waals surface area (Å²) in [7, 11) is 0. The lowest BCUT2D eigenvalue weighted by Gasteiger charge is -2.14. The molecule has 0 aliphatic heterocycles. The number of halogens is 2. The predicted octanol–water partition coefficient (Wildman–Crippen LogP) is 5.61. The highest BCUT2D eigenvalue weighted by Gasteiger charge is 2.20. The van der Waals surface area contributed by atoms with Gasteiger partial charge in [-0.05, 0) is 58.0 Å². The molecule has 0 saturated carbocycles. The van der Waals surface area contributed by atoms with Gasteiger partial charge in [0.2, 0.25) is 0 Å². The minimum atomic E-state index is -0.168. The summed E-state index contributed by atoms with van der Waals surface area (Å²) in [6, 6.07) is 14.1. The number of benzene rings is 3. The third-order valence-corrected chi connectivity index (χ3v) is 5.30. The van der Waals surface area contributed by atoms with Gasteiger partial charge in [-0.2, -0.15) is 0 Å². The molecule has 0 unspecified atom stereocenters. The number of carbonyl (C=O) groups excluding carboxylic acids is 2. The zero-order chi connectivity index (χ0) is 16.8. The standard InChI is InChI=1S/C20H10Br2O2/c21-12-2-5-14-11(9-12)1-4-16-15(14)6-7-18(22)20(16)17-10-13(23)3-8-19(17)24/h1-10H. The molecule has 0 spiro atoms. The Kier molecular flexibility index (Phi) is 3.74. The summed E-state index contributed by atoms with van der Waals surface area (Å²) in [6.07, 6.45) is 4.05. The normalized spacial score (nSPS) is 14.5. The number of allylic oxidation sites excluding steroid dienone is 4. The zero-order valence-electron chi connectivity index (χ0n) is 12.3. The van der Waals surface area contributed by atoms with Crippen molar-refractivity contribution in [3.63, 3.8) is 0 Å². The summed E-state index contributed by atoms with van der Waals surface area (Å²) in [4.78, 5) is 24.1. The molecule has 0 saturated heterocycles. The molecule has 3 aromatic carbocycles. The van der Waals surface area contributed by atoms with Crippen molar-refractivity contribution in [2.45, 2.75) is 0 Å². The molecule has 0 aromatic heterocycles. The van der Waals surface area contributed by atoms with E-state index in [-0.39, 0.29) is 11.6 Å². The number of fused-ring (bicyclic) bond motifs is 3. The van der Waals surface area contributed by atoms with Crippen molar-refractivity contribution in [2.75, 3.05) is 0 Å². The quantitative estimate of drug-likeness (QED) is 0.363. The molecule has 4 heteroatoms. The van der Waals surface area contributed by atoms with E-state index in [1.807, 2.05) is 30.3 Å². The average Bonchev–Trinajstić information content (AvgIpc) is 2.56. The van der Waals surface area contributed by atoms with Gasteiger partial charge in [0.05, 0.1) is 0 Å². The van der Waals surface area contributed by atoms with E-state index in [0.29, 0.717) is 5.57 Å². The van der Waals surface area contributed by atoms with E-state index in [4.69, 9.17) is 0 Å². The lowest BCUT2D eigenvalue weighted by atomic mass is 9.90. The van der Waals surface area contributed by atoms with Crippen LogP contribution in [0.1, 0.15) is 5.56 Å². The van der Waals surface area contributed by atoms with Gasteiger partial charge in [-0.25, -0.2) is 0 Å². The van der Waals surface area contributed by atoms with E-state index in [0.717, 1.165) is 36.1 Å². The molecule has 4 rings (SSSR count). The zero-order valence-corrected chi connectivity index (χ0v) is 15.5. The van der Waals surface area contributed by atoms with Gasteiger partial charge in [0.15, 0.2) is 11.6 Å². The molecule has 3 aromatic rings. The summed E-state index contributed by atoms with van der Waals surface area (Å²) < 4.78 is 1.82. The Hall–Kier alpha value is -2.04. The first-order valence-corrected chi connectivity index (χ1v) is 8.92. The van der Waals surface area contributed by atoms with E-state index in [9.17, 15) is 9.59 Å². The smallest absolute Gasteiger partial charge is 0.186 e. The predicted molar refractivity (Wildman–Crippen MR) is 104 cm³/mol. The van der Waals surface area contributed by atoms with Crippen LogP contribution in [0.4, 0.5) is 0 Å². The van der Waals surface area contributed by atoms with Crippen LogP contribution in [0.15, 0.2) is 69.6 Å². The lowest BCUT2D eigenvalue weighted by molar-refractivity contribution is -0.113. The highest BCUT2D eigenvalue weighted by atomic mass is 79.9. The summed E-state index contributed by atoms with van der Waals surface area (Å²) in [5, 5.41) is 4.22. The number of carbonyl (C=O) groups is 2. The minimum absolute atomic E-state index is 0.154. The van der Waals surface area contributed by atoms with Crippen LogP contribution in [0, 0.1) is 0 Å². The van der Waals surface area contributed by atoms with Crippen molar-refractivity contribution >= 4 is 70.5 Å². The molecule has 2 nitrogen and oxygen atoms in total. The van der Waals surface area contributed by atoms with Crippen LogP contribution < -0.4 is 0 Å². The van der Waals surface area contributed by atoms with Crippen LogP contribution in [0.5, 0.6) is 0 Å². The van der Waals surface area contributed by atoms with E-state index in [1.54, 1.807) is 0 Å². The maximum Gasteiger partial charge on any atom is 0.186 e. The number of hydrogen-bond donors (Lipinski definition) is 0. The fraction of sp³-hybridized carbons (Fsp3) is 0. The number of rotatable bonds is 1. The van der Waals surface area contributed by atoms with Gasteiger partial charge in [-0.3, -0.25) is 9.59 Å². The topological polar surface area (TPSA) is 34.1 Å². The van der Waals surface area contributed by atoms with Crippen LogP contribution in [-0.4, -0.2) is 11.6 Å². The van der Waals surface area contributed by atoms with E-state index >= 15 is 0 Å². The lowest BCUT2D eigenvalue weighted by Crippen LogP contribution is -2.07. The Morgan fingerprint density at radius 2 is 1.50 bits per heavy atom. The molecule has 1 aliphatic carbocycles. The third kappa shape index (κ3) is 2.46. The van der Waals surface area contributed by atoms with Crippen molar-refractivity contribution < 1.29 is 9.59 Å². The molecule has 0 heterocycles. The molecule has 0 bridgehead atoms. The van der Waals surface area contributed by atoms with Gasteiger partial charge in [-0.1, -0.05) is 56.1 Å². The van der Waals surface area contributed by atoms with Crippen molar-refractivity contribution in [3.05, 3.63) is 75.2 Å². The van der Waals surface area contributed by atoms with Crippen molar-refractivity contribution in [2.24, 2.45) is 0 Å². The largest absolute Gasteiger partial charge is 0.290 e. The number of hydrogen-bond acceptors (Lipinski definition) is 2. The first-order valence-electron chi connectivity index (χ1n) is 7.33. The Labute approximate surface area is 155 Å². The monoisotopic (exact) mass is 440 g/mol. The van der Waals surface area contributed by atoms with Crippen molar-refractivity contribution in [1.82, 2.24) is 0 Å². The fourth-order valence-electron chi connectivity index (χ4n) is 3.07. The first kappa shape index (κ1) is 15.5. The van der Waals surface area contributed by atoms with Crippen molar-refractivity contribution in [1.29, 1.82) is 0 Å². The van der Waals surface area contributed by atoms with Crippen LogP contribution in [0.25, 0.3) is 27.1 Å². The highest BCUT2D eigenvalue weighted by Crippen LogP contribution is 2.37. The Morgan fingerprint density at radius 1 is 0.750 bits per heavy atom. The van der Waals surface area contributed by atoms with Gasteiger partial charge in [0, 0.05) is 20.1 Å². The molecule has 0 fully saturated rings. The summed E-state index contributed by atoms with van der Waals surface area (Å²) in [6.45, 7) is 0. The molecular formula is C20H10Br2O2. The summed E-state index contributed by atoms with van der Waals surface area (Å²) in [5.74, 6) is -0.322. The van der Waals surface area contributed by atoms with E-state index in [2.05, 4.69) is 44.0 Å². The fourth-order valence-corrected chi connectivity index (χ4v) is 4.01.